The first kappa shape index (κ1) is 14.8. The van der Waals surface area contributed by atoms with Crippen LogP contribution >= 0.6 is 23.2 Å². The molecule has 6 heteroatoms. The zero-order chi connectivity index (χ0) is 13.1. The lowest BCUT2D eigenvalue weighted by Crippen LogP contribution is -2.45. The number of hydrogen-bond donors (Lipinski definition) is 0. The zero-order valence-electron chi connectivity index (χ0n) is 9.99. The van der Waals surface area contributed by atoms with Crippen LogP contribution in [-0.4, -0.2) is 47.2 Å². The van der Waals surface area contributed by atoms with Crippen molar-refractivity contribution < 1.29 is 14.3 Å². The number of nitrogens with zero attached hydrogens (tertiary/aromatic N) is 1. The Bertz CT molecular complexity index is 294. The van der Waals surface area contributed by atoms with Gasteiger partial charge in [0.1, 0.15) is 11.8 Å². The third-order valence-electron chi connectivity index (χ3n) is 2.48. The average Bonchev–Trinajstić information content (AvgIpc) is 2.53. The lowest BCUT2D eigenvalue weighted by atomic mass is 10.2. The molecular weight excluding hydrogens is 265 g/mol. The van der Waals surface area contributed by atoms with Gasteiger partial charge in [0.25, 0.3) is 5.91 Å². The Balaban J connectivity index is 2.56. The van der Waals surface area contributed by atoms with E-state index in [1.807, 2.05) is 0 Å². The predicted molar refractivity (Wildman–Crippen MR) is 67.2 cm³/mol. The van der Waals surface area contributed by atoms with Crippen molar-refractivity contribution in [2.75, 3.05) is 19.8 Å². The number of carbonyl (C=O) groups is 1. The van der Waals surface area contributed by atoms with Crippen LogP contribution in [0.4, 0.5) is 0 Å². The van der Waals surface area contributed by atoms with E-state index >= 15 is 0 Å². The fraction of sp³-hybridized carbons (Fsp3) is 0.727. The smallest absolute Gasteiger partial charge is 0.258 e. The van der Waals surface area contributed by atoms with Crippen LogP contribution in [0.25, 0.3) is 0 Å². The van der Waals surface area contributed by atoms with Gasteiger partial charge in [-0.2, -0.15) is 0 Å². The summed E-state index contributed by atoms with van der Waals surface area (Å²) in [7, 11) is 0. The van der Waals surface area contributed by atoms with Crippen LogP contribution in [0.5, 0.6) is 0 Å². The molecule has 0 spiro atoms. The highest BCUT2D eigenvalue weighted by atomic mass is 35.5. The fourth-order valence-electron chi connectivity index (χ4n) is 1.77. The molecule has 0 saturated carbocycles. The van der Waals surface area contributed by atoms with Gasteiger partial charge in [-0.15, -0.1) is 6.58 Å². The molecule has 1 fully saturated rings. The molecule has 0 bridgehead atoms. The van der Waals surface area contributed by atoms with Crippen molar-refractivity contribution in [2.45, 2.75) is 30.5 Å². The molecule has 1 unspecified atom stereocenters. The summed E-state index contributed by atoms with van der Waals surface area (Å²) >= 11 is 11.2. The van der Waals surface area contributed by atoms with Crippen LogP contribution in [0, 0.1) is 0 Å². The third kappa shape index (κ3) is 3.85. The van der Waals surface area contributed by atoms with Crippen LogP contribution in [0.2, 0.25) is 0 Å². The third-order valence-corrected chi connectivity index (χ3v) is 2.86. The van der Waals surface area contributed by atoms with E-state index in [0.717, 1.165) is 0 Å². The van der Waals surface area contributed by atoms with E-state index in [1.165, 1.54) is 4.90 Å². The molecule has 98 valence electrons. The van der Waals surface area contributed by atoms with Crippen LogP contribution in [0.1, 0.15) is 13.8 Å². The van der Waals surface area contributed by atoms with E-state index in [4.69, 9.17) is 32.7 Å². The SMILES string of the molecule is C=CCOCC1CN(C(=O)C(Cl)Cl)C(C)(C)O1. The summed E-state index contributed by atoms with van der Waals surface area (Å²) in [5, 5.41) is 0. The lowest BCUT2D eigenvalue weighted by molar-refractivity contribution is -0.145. The molecule has 0 radical (unpaired) electrons. The van der Waals surface area contributed by atoms with Gasteiger partial charge in [-0.25, -0.2) is 0 Å². The molecule has 4 nitrogen and oxygen atoms in total. The Morgan fingerprint density at radius 1 is 1.71 bits per heavy atom. The van der Waals surface area contributed by atoms with Crippen molar-refractivity contribution in [3.8, 4) is 0 Å². The fourth-order valence-corrected chi connectivity index (χ4v) is 2.01. The molecule has 0 N–H and O–H groups in total. The van der Waals surface area contributed by atoms with Crippen molar-refractivity contribution in [3.05, 3.63) is 12.7 Å². The van der Waals surface area contributed by atoms with Gasteiger partial charge in [0.05, 0.1) is 19.8 Å². The molecule has 0 aliphatic carbocycles. The van der Waals surface area contributed by atoms with E-state index in [0.29, 0.717) is 19.8 Å². The average molecular weight is 282 g/mol. The molecule has 1 heterocycles. The minimum Gasteiger partial charge on any atom is -0.375 e. The van der Waals surface area contributed by atoms with Crippen molar-refractivity contribution in [1.29, 1.82) is 0 Å². The Kier molecular flexibility index (Phi) is 5.25. The van der Waals surface area contributed by atoms with Gasteiger partial charge in [-0.05, 0) is 13.8 Å². The molecule has 1 amide bonds. The van der Waals surface area contributed by atoms with E-state index in [2.05, 4.69) is 6.58 Å². The van der Waals surface area contributed by atoms with Crippen molar-refractivity contribution >= 4 is 29.1 Å². The highest BCUT2D eigenvalue weighted by Gasteiger charge is 2.43. The van der Waals surface area contributed by atoms with Gasteiger partial charge in [0, 0.05) is 0 Å². The quantitative estimate of drug-likeness (QED) is 0.439. The van der Waals surface area contributed by atoms with Crippen LogP contribution in [0.15, 0.2) is 12.7 Å². The summed E-state index contributed by atoms with van der Waals surface area (Å²) in [4.78, 5) is 12.2. The largest absolute Gasteiger partial charge is 0.375 e. The summed E-state index contributed by atoms with van der Waals surface area (Å²) in [6.45, 7) is 8.46. The van der Waals surface area contributed by atoms with Gasteiger partial charge in [-0.3, -0.25) is 4.79 Å². The molecular formula is C11H17Cl2NO3. The number of alkyl halides is 2. The molecule has 1 rings (SSSR count). The van der Waals surface area contributed by atoms with Crippen molar-refractivity contribution in [2.24, 2.45) is 0 Å². The molecule has 1 saturated heterocycles. The number of halogens is 2. The monoisotopic (exact) mass is 281 g/mol. The second kappa shape index (κ2) is 6.05. The van der Waals surface area contributed by atoms with Crippen molar-refractivity contribution in [1.82, 2.24) is 4.90 Å². The van der Waals surface area contributed by atoms with E-state index in [9.17, 15) is 4.79 Å². The molecule has 1 aliphatic heterocycles. The van der Waals surface area contributed by atoms with E-state index in [-0.39, 0.29) is 12.0 Å². The van der Waals surface area contributed by atoms with Gasteiger partial charge < -0.3 is 14.4 Å². The Labute approximate surface area is 111 Å². The van der Waals surface area contributed by atoms with Crippen LogP contribution in [-0.2, 0) is 14.3 Å². The van der Waals surface area contributed by atoms with Crippen molar-refractivity contribution in [3.63, 3.8) is 0 Å². The van der Waals surface area contributed by atoms with Gasteiger partial charge in [0.15, 0.2) is 4.84 Å². The summed E-state index contributed by atoms with van der Waals surface area (Å²) in [6.07, 6.45) is 1.50. The van der Waals surface area contributed by atoms with E-state index in [1.54, 1.807) is 19.9 Å². The zero-order valence-corrected chi connectivity index (χ0v) is 11.5. The molecule has 17 heavy (non-hydrogen) atoms. The normalized spacial score (nSPS) is 23.1. The minimum atomic E-state index is -1.06. The maximum Gasteiger partial charge on any atom is 0.258 e. The minimum absolute atomic E-state index is 0.166. The second-order valence-electron chi connectivity index (χ2n) is 4.26. The highest BCUT2D eigenvalue weighted by molar-refractivity contribution is 6.53. The summed E-state index contributed by atoms with van der Waals surface area (Å²) in [5.74, 6) is -0.343. The number of hydrogen-bond acceptors (Lipinski definition) is 3. The number of rotatable bonds is 5. The first-order valence-electron chi connectivity index (χ1n) is 5.34. The molecule has 1 aliphatic rings. The standard InChI is InChI=1S/C11H17Cl2NO3/c1-4-5-16-7-8-6-14(10(15)9(12)13)11(2,3)17-8/h4,8-9H,1,5-7H2,2-3H3. The number of ether oxygens (including phenoxy) is 2. The first-order valence-corrected chi connectivity index (χ1v) is 6.22. The molecule has 1 atom stereocenters. The summed E-state index contributed by atoms with van der Waals surface area (Å²) in [5.41, 5.74) is -0.707. The van der Waals surface area contributed by atoms with Gasteiger partial charge in [0.2, 0.25) is 0 Å². The second-order valence-corrected chi connectivity index (χ2v) is 5.36. The summed E-state index contributed by atoms with van der Waals surface area (Å²) < 4.78 is 11.0. The lowest BCUT2D eigenvalue weighted by Gasteiger charge is -2.30. The highest BCUT2D eigenvalue weighted by Crippen LogP contribution is 2.28. The molecule has 0 aromatic heterocycles. The number of carbonyl (C=O) groups excluding carboxylic acids is 1. The Morgan fingerprint density at radius 2 is 2.35 bits per heavy atom. The Hall–Kier alpha value is -0.290. The van der Waals surface area contributed by atoms with Gasteiger partial charge >= 0.3 is 0 Å². The molecule has 0 aromatic rings. The van der Waals surface area contributed by atoms with Gasteiger partial charge in [-0.1, -0.05) is 29.3 Å². The maximum absolute atomic E-state index is 11.8. The van der Waals surface area contributed by atoms with E-state index < -0.39 is 10.6 Å². The van der Waals surface area contributed by atoms with Crippen LogP contribution < -0.4 is 0 Å². The molecule has 0 aromatic carbocycles. The summed E-state index contributed by atoms with van der Waals surface area (Å²) in [6, 6.07) is 0. The Morgan fingerprint density at radius 3 is 2.88 bits per heavy atom. The first-order chi connectivity index (χ1) is 7.88. The predicted octanol–water partition coefficient (Wildman–Crippen LogP) is 1.96. The number of amides is 1. The van der Waals surface area contributed by atoms with Crippen LogP contribution in [0.3, 0.4) is 0 Å². The maximum atomic E-state index is 11.8. The topological polar surface area (TPSA) is 38.8 Å².